The third-order valence-electron chi connectivity index (χ3n) is 4.17. The highest BCUT2D eigenvalue weighted by atomic mass is 31.2. The summed E-state index contributed by atoms with van der Waals surface area (Å²) in [6, 6.07) is -0.622. The number of rotatable bonds is 4. The maximum absolute atomic E-state index is 11.9. The molecule has 14 heteroatoms. The highest BCUT2D eigenvalue weighted by Crippen LogP contribution is 2.37. The van der Waals surface area contributed by atoms with Crippen LogP contribution in [0.15, 0.2) is 0 Å². The van der Waals surface area contributed by atoms with E-state index in [1.165, 1.54) is 0 Å². The molecule has 0 aliphatic carbocycles. The highest BCUT2D eigenvalue weighted by molar-refractivity contribution is 7.46. The molecule has 138 valence electrons. The average Bonchev–Trinajstić information content (AvgIpc) is 3.00. The lowest BCUT2D eigenvalue weighted by atomic mass is 10.1. The zero-order chi connectivity index (χ0) is 17.6. The van der Waals surface area contributed by atoms with E-state index in [1.807, 2.05) is 0 Å². The van der Waals surface area contributed by atoms with Crippen molar-refractivity contribution in [3.05, 3.63) is 0 Å². The van der Waals surface area contributed by atoms with Gasteiger partial charge in [-0.15, -0.1) is 0 Å². The molecule has 7 atom stereocenters. The zero-order valence-electron chi connectivity index (χ0n) is 12.3. The zero-order valence-corrected chi connectivity index (χ0v) is 13.2. The van der Waals surface area contributed by atoms with Crippen LogP contribution in [-0.2, 0) is 18.6 Å². The van der Waals surface area contributed by atoms with Crippen LogP contribution in [-0.4, -0.2) is 87.1 Å². The van der Waals surface area contributed by atoms with Crippen LogP contribution < -0.4 is 21.7 Å². The van der Waals surface area contributed by atoms with Gasteiger partial charge in [0.2, 0.25) is 5.91 Å². The molecule has 0 saturated carbocycles. The number of nitrogens with two attached hydrogens (primary N) is 1. The van der Waals surface area contributed by atoms with Gasteiger partial charge in [-0.1, -0.05) is 0 Å². The monoisotopic (exact) mass is 369 g/mol. The Morgan fingerprint density at radius 3 is 2.75 bits per heavy atom. The minimum atomic E-state index is -4.73. The van der Waals surface area contributed by atoms with Gasteiger partial charge in [-0.05, 0) is 0 Å². The van der Waals surface area contributed by atoms with Crippen molar-refractivity contribution in [2.24, 2.45) is 5.73 Å². The fraction of sp³-hybridized carbons (Fsp3) is 0.900. The van der Waals surface area contributed by atoms with Gasteiger partial charge in [-0.3, -0.25) is 25.7 Å². The molecule has 0 aromatic heterocycles. The van der Waals surface area contributed by atoms with Crippen molar-refractivity contribution in [1.29, 1.82) is 0 Å². The first-order valence-corrected chi connectivity index (χ1v) is 8.73. The number of phosphoric ester groups is 1. The molecule has 3 aliphatic heterocycles. The standard InChI is InChI=1S/C10H20N5O8P/c11-10-13-7-4(8(18)14-10)12-2-15(7)9-6(17)5(16)3(23-9)1-22-24(19,20)21/h3-7,9-10,12-13,16-17H,1-2,11H2,(H,14,18)(H2,19,20,21)/t3-,4?,5-,6-,7?,9-,10?/m1/s1. The molecule has 3 saturated heterocycles. The van der Waals surface area contributed by atoms with E-state index in [0.717, 1.165) is 0 Å². The molecule has 0 aromatic rings. The summed E-state index contributed by atoms with van der Waals surface area (Å²) in [5.74, 6) is -0.317. The van der Waals surface area contributed by atoms with Crippen LogP contribution in [0.2, 0.25) is 0 Å². The summed E-state index contributed by atoms with van der Waals surface area (Å²) in [6.45, 7) is -0.426. The maximum Gasteiger partial charge on any atom is 0.469 e. The first-order valence-electron chi connectivity index (χ1n) is 7.20. The van der Waals surface area contributed by atoms with Gasteiger partial charge in [0.05, 0.1) is 19.4 Å². The van der Waals surface area contributed by atoms with Gasteiger partial charge in [-0.25, -0.2) is 9.46 Å². The molecule has 1 amide bonds. The molecule has 3 aliphatic rings. The summed E-state index contributed by atoms with van der Waals surface area (Å²) in [5.41, 5.74) is 5.67. The third-order valence-corrected chi connectivity index (χ3v) is 4.65. The van der Waals surface area contributed by atoms with Crippen molar-refractivity contribution in [2.45, 2.75) is 43.0 Å². The number of aliphatic hydroxyl groups excluding tert-OH is 2. The van der Waals surface area contributed by atoms with E-state index in [9.17, 15) is 19.6 Å². The van der Waals surface area contributed by atoms with Crippen molar-refractivity contribution in [2.75, 3.05) is 13.3 Å². The van der Waals surface area contributed by atoms with E-state index in [2.05, 4.69) is 20.5 Å². The molecule has 9 N–H and O–H groups in total. The quantitative estimate of drug-likeness (QED) is 0.220. The van der Waals surface area contributed by atoms with Crippen LogP contribution in [0.4, 0.5) is 0 Å². The molecule has 3 unspecified atom stereocenters. The normalized spacial score (nSPS) is 43.7. The van der Waals surface area contributed by atoms with Gasteiger partial charge in [0.25, 0.3) is 0 Å². The number of fused-ring (bicyclic) bond motifs is 1. The van der Waals surface area contributed by atoms with Gasteiger partial charge in [0.1, 0.15) is 36.9 Å². The molecule has 0 radical (unpaired) electrons. The second kappa shape index (κ2) is 6.55. The fourth-order valence-electron chi connectivity index (χ4n) is 3.06. The number of ether oxygens (including phenoxy) is 1. The van der Waals surface area contributed by atoms with E-state index in [0.29, 0.717) is 0 Å². The van der Waals surface area contributed by atoms with Gasteiger partial charge >= 0.3 is 7.82 Å². The van der Waals surface area contributed by atoms with E-state index in [1.54, 1.807) is 4.90 Å². The second-order valence-corrected chi connectivity index (χ2v) is 7.02. The summed E-state index contributed by atoms with van der Waals surface area (Å²) in [4.78, 5) is 30.9. The predicted octanol–water partition coefficient (Wildman–Crippen LogP) is -4.94. The van der Waals surface area contributed by atoms with E-state index in [-0.39, 0.29) is 12.6 Å². The molecule has 0 bridgehead atoms. The molecular formula is C10H20N5O8P. The third kappa shape index (κ3) is 3.47. The minimum absolute atomic E-state index is 0.170. The van der Waals surface area contributed by atoms with Gasteiger partial charge in [0, 0.05) is 0 Å². The van der Waals surface area contributed by atoms with E-state index < -0.39 is 57.5 Å². The smallest absolute Gasteiger partial charge is 0.387 e. The Balaban J connectivity index is 1.68. The van der Waals surface area contributed by atoms with Crippen molar-refractivity contribution < 1.29 is 38.6 Å². The molecule has 24 heavy (non-hydrogen) atoms. The second-order valence-electron chi connectivity index (χ2n) is 5.78. The van der Waals surface area contributed by atoms with Gasteiger partial charge in [0.15, 0.2) is 0 Å². The number of amides is 1. The van der Waals surface area contributed by atoms with Crippen molar-refractivity contribution in [3.63, 3.8) is 0 Å². The fourth-order valence-corrected chi connectivity index (χ4v) is 3.40. The number of phosphoric acid groups is 1. The predicted molar refractivity (Wildman–Crippen MR) is 75.3 cm³/mol. The molecule has 3 fully saturated rings. The highest BCUT2D eigenvalue weighted by Gasteiger charge is 2.52. The molecule has 0 spiro atoms. The Morgan fingerprint density at radius 1 is 1.38 bits per heavy atom. The van der Waals surface area contributed by atoms with Crippen molar-refractivity contribution in [1.82, 2.24) is 20.9 Å². The van der Waals surface area contributed by atoms with Crippen LogP contribution in [0.5, 0.6) is 0 Å². The number of nitrogens with one attached hydrogen (secondary N) is 3. The number of carbonyl (C=O) groups excluding carboxylic acids is 1. The minimum Gasteiger partial charge on any atom is -0.387 e. The lowest BCUT2D eigenvalue weighted by molar-refractivity contribution is -0.133. The van der Waals surface area contributed by atoms with E-state index >= 15 is 0 Å². The van der Waals surface area contributed by atoms with E-state index in [4.69, 9.17) is 20.3 Å². The largest absolute Gasteiger partial charge is 0.469 e. The summed E-state index contributed by atoms with van der Waals surface area (Å²) in [6.07, 6.45) is -6.28. The van der Waals surface area contributed by atoms with Crippen LogP contribution in [0, 0.1) is 0 Å². The number of hydrogen-bond acceptors (Lipinski definition) is 10. The number of aliphatic hydroxyl groups is 2. The molecule has 3 rings (SSSR count). The van der Waals surface area contributed by atoms with Crippen LogP contribution in [0.3, 0.4) is 0 Å². The summed E-state index contributed by atoms with van der Waals surface area (Å²) < 4.78 is 20.6. The molecule has 3 heterocycles. The Bertz CT molecular complexity index is 547. The molecule has 0 aromatic carbocycles. The average molecular weight is 369 g/mol. The molecular weight excluding hydrogens is 349 g/mol. The summed E-state index contributed by atoms with van der Waals surface area (Å²) in [5, 5.41) is 28.6. The number of hydrogen-bond donors (Lipinski definition) is 8. The Hall–Kier alpha value is -0.700. The van der Waals surface area contributed by atoms with Crippen molar-refractivity contribution in [3.8, 4) is 0 Å². The number of nitrogens with zero attached hydrogens (tertiary/aromatic N) is 1. The summed E-state index contributed by atoms with van der Waals surface area (Å²) in [7, 11) is -4.73. The summed E-state index contributed by atoms with van der Waals surface area (Å²) >= 11 is 0. The first-order chi connectivity index (χ1) is 11.2. The van der Waals surface area contributed by atoms with Gasteiger partial charge in [-0.2, -0.15) is 0 Å². The van der Waals surface area contributed by atoms with Crippen LogP contribution >= 0.6 is 7.82 Å². The lowest BCUT2D eigenvalue weighted by Gasteiger charge is -2.37. The number of carbonyl (C=O) groups is 1. The van der Waals surface area contributed by atoms with Crippen LogP contribution in [0.25, 0.3) is 0 Å². The molecule has 13 nitrogen and oxygen atoms in total. The lowest BCUT2D eigenvalue weighted by Crippen LogP contribution is -2.71. The topological polar surface area (TPSA) is 199 Å². The van der Waals surface area contributed by atoms with Gasteiger partial charge < -0.3 is 30.1 Å². The SMILES string of the molecule is NC1NC(=O)C2NCN([C@@H]3O[C@H](COP(=O)(O)O)[C@@H](O)[C@H]3O)C2N1. The van der Waals surface area contributed by atoms with Crippen molar-refractivity contribution >= 4 is 13.7 Å². The Kier molecular flexibility index (Phi) is 4.94. The van der Waals surface area contributed by atoms with Crippen LogP contribution in [0.1, 0.15) is 0 Å². The maximum atomic E-state index is 11.9. The Labute approximate surface area is 136 Å². The first kappa shape index (κ1) is 18.1. The Morgan fingerprint density at radius 2 is 2.08 bits per heavy atom.